The van der Waals surface area contributed by atoms with Crippen molar-refractivity contribution in [2.45, 2.75) is 24.7 Å². The third kappa shape index (κ3) is 4.31. The molecule has 1 heterocycles. The first-order valence-corrected chi connectivity index (χ1v) is 9.36. The lowest BCUT2D eigenvalue weighted by Crippen LogP contribution is -2.46. The monoisotopic (exact) mass is 339 g/mol. The number of likely N-dealkylation sites (tertiary alicyclic amines) is 1. The SMILES string of the molecule is CC1CC(C(=O)O)CN(C(=O)Cc2ccccc2S(C)(=O)=O)C1. The number of piperidine rings is 1. The number of carboxylic acid groups (broad SMARTS) is 1. The van der Waals surface area contributed by atoms with Crippen LogP contribution in [0.3, 0.4) is 0 Å². The molecule has 1 N–H and O–H groups in total. The Kier molecular flexibility index (Phi) is 5.09. The molecule has 23 heavy (non-hydrogen) atoms. The summed E-state index contributed by atoms with van der Waals surface area (Å²) < 4.78 is 23.6. The summed E-state index contributed by atoms with van der Waals surface area (Å²) in [6.45, 7) is 2.60. The number of aliphatic carboxylic acids is 1. The minimum Gasteiger partial charge on any atom is -0.481 e. The van der Waals surface area contributed by atoms with E-state index < -0.39 is 21.7 Å². The molecule has 1 aromatic rings. The van der Waals surface area contributed by atoms with Crippen molar-refractivity contribution in [2.75, 3.05) is 19.3 Å². The molecule has 126 valence electrons. The van der Waals surface area contributed by atoms with Gasteiger partial charge in [-0.15, -0.1) is 0 Å². The largest absolute Gasteiger partial charge is 0.481 e. The van der Waals surface area contributed by atoms with E-state index in [1.807, 2.05) is 6.92 Å². The molecule has 6 nitrogen and oxygen atoms in total. The van der Waals surface area contributed by atoms with Crippen molar-refractivity contribution in [1.29, 1.82) is 0 Å². The fraction of sp³-hybridized carbons (Fsp3) is 0.500. The van der Waals surface area contributed by atoms with Crippen LogP contribution in [0, 0.1) is 11.8 Å². The maximum absolute atomic E-state index is 12.5. The number of rotatable bonds is 4. The fourth-order valence-corrected chi connectivity index (χ4v) is 3.96. The second-order valence-corrected chi connectivity index (χ2v) is 8.22. The average Bonchev–Trinajstić information content (AvgIpc) is 2.46. The summed E-state index contributed by atoms with van der Waals surface area (Å²) in [6, 6.07) is 6.41. The summed E-state index contributed by atoms with van der Waals surface area (Å²) in [5.74, 6) is -1.59. The molecule has 2 rings (SSSR count). The topological polar surface area (TPSA) is 91.8 Å². The van der Waals surface area contributed by atoms with Gasteiger partial charge in [0.1, 0.15) is 0 Å². The molecule has 1 amide bonds. The van der Waals surface area contributed by atoms with Gasteiger partial charge in [0, 0.05) is 19.3 Å². The number of carbonyl (C=O) groups is 2. The van der Waals surface area contributed by atoms with Crippen LogP contribution in [-0.2, 0) is 25.8 Å². The van der Waals surface area contributed by atoms with Crippen LogP contribution in [0.4, 0.5) is 0 Å². The summed E-state index contributed by atoms with van der Waals surface area (Å²) in [7, 11) is -3.41. The highest BCUT2D eigenvalue weighted by atomic mass is 32.2. The molecular formula is C16H21NO5S. The van der Waals surface area contributed by atoms with Crippen LogP contribution in [0.1, 0.15) is 18.9 Å². The van der Waals surface area contributed by atoms with E-state index in [1.165, 1.54) is 11.0 Å². The fourth-order valence-electron chi connectivity index (χ4n) is 3.02. The van der Waals surface area contributed by atoms with Gasteiger partial charge >= 0.3 is 5.97 Å². The molecule has 1 aliphatic heterocycles. The average molecular weight is 339 g/mol. The van der Waals surface area contributed by atoms with Crippen LogP contribution < -0.4 is 0 Å². The lowest BCUT2D eigenvalue weighted by atomic mass is 9.90. The van der Waals surface area contributed by atoms with Crippen molar-refractivity contribution in [2.24, 2.45) is 11.8 Å². The van der Waals surface area contributed by atoms with E-state index in [0.29, 0.717) is 18.5 Å². The van der Waals surface area contributed by atoms with Gasteiger partial charge in [-0.1, -0.05) is 25.1 Å². The Balaban J connectivity index is 2.18. The summed E-state index contributed by atoms with van der Waals surface area (Å²) in [5.41, 5.74) is 0.449. The smallest absolute Gasteiger partial charge is 0.308 e. The molecule has 0 saturated carbocycles. The standard InChI is InChI=1S/C16H21NO5S/c1-11-7-13(16(19)20)10-17(9-11)15(18)8-12-5-3-4-6-14(12)23(2,21)22/h3-6,11,13H,7-10H2,1-2H3,(H,19,20). The van der Waals surface area contributed by atoms with E-state index >= 15 is 0 Å². The Bertz CT molecular complexity index is 713. The number of nitrogens with zero attached hydrogens (tertiary/aromatic N) is 1. The van der Waals surface area contributed by atoms with Crippen molar-refractivity contribution in [1.82, 2.24) is 4.90 Å². The van der Waals surface area contributed by atoms with Crippen LogP contribution in [0.5, 0.6) is 0 Å². The van der Waals surface area contributed by atoms with Gasteiger partial charge < -0.3 is 10.0 Å². The van der Waals surface area contributed by atoms with Gasteiger partial charge in [0.15, 0.2) is 9.84 Å². The highest BCUT2D eigenvalue weighted by molar-refractivity contribution is 7.90. The molecule has 1 aromatic carbocycles. The van der Waals surface area contributed by atoms with Gasteiger partial charge in [-0.05, 0) is 24.0 Å². The zero-order valence-corrected chi connectivity index (χ0v) is 14.0. The van der Waals surface area contributed by atoms with E-state index in [9.17, 15) is 23.1 Å². The van der Waals surface area contributed by atoms with Crippen molar-refractivity contribution in [3.8, 4) is 0 Å². The van der Waals surface area contributed by atoms with Gasteiger partial charge in [0.25, 0.3) is 0 Å². The molecule has 1 aliphatic rings. The highest BCUT2D eigenvalue weighted by Gasteiger charge is 2.32. The number of benzene rings is 1. The molecule has 1 fully saturated rings. The van der Waals surface area contributed by atoms with Gasteiger partial charge in [0.05, 0.1) is 17.2 Å². The Labute approximate surface area is 136 Å². The normalized spacial score (nSPS) is 21.9. The minimum atomic E-state index is -3.41. The molecule has 0 spiro atoms. The van der Waals surface area contributed by atoms with E-state index in [2.05, 4.69) is 0 Å². The number of sulfone groups is 1. The van der Waals surface area contributed by atoms with E-state index in [-0.39, 0.29) is 29.7 Å². The quantitative estimate of drug-likeness (QED) is 0.890. The predicted molar refractivity (Wildman–Crippen MR) is 84.7 cm³/mol. The number of hydrogen-bond acceptors (Lipinski definition) is 4. The minimum absolute atomic E-state index is 0.0394. The van der Waals surface area contributed by atoms with Crippen LogP contribution in [0.2, 0.25) is 0 Å². The first-order chi connectivity index (χ1) is 10.7. The molecule has 0 aromatic heterocycles. The van der Waals surface area contributed by atoms with Crippen LogP contribution in [0.25, 0.3) is 0 Å². The Hall–Kier alpha value is -1.89. The third-order valence-corrected chi connectivity index (χ3v) is 5.27. The molecule has 2 atom stereocenters. The van der Waals surface area contributed by atoms with E-state index in [1.54, 1.807) is 18.2 Å². The molecule has 2 unspecified atom stereocenters. The van der Waals surface area contributed by atoms with Gasteiger partial charge in [0.2, 0.25) is 5.91 Å². The lowest BCUT2D eigenvalue weighted by molar-refractivity contribution is -0.146. The molecule has 0 aliphatic carbocycles. The Morgan fingerprint density at radius 1 is 1.26 bits per heavy atom. The lowest BCUT2D eigenvalue weighted by Gasteiger charge is -2.34. The van der Waals surface area contributed by atoms with Crippen molar-refractivity contribution >= 4 is 21.7 Å². The van der Waals surface area contributed by atoms with Gasteiger partial charge in [-0.3, -0.25) is 9.59 Å². The zero-order chi connectivity index (χ0) is 17.2. The number of amides is 1. The maximum atomic E-state index is 12.5. The summed E-state index contributed by atoms with van der Waals surface area (Å²) >= 11 is 0. The number of hydrogen-bond donors (Lipinski definition) is 1. The second-order valence-electron chi connectivity index (χ2n) is 6.23. The molecule has 0 bridgehead atoms. The highest BCUT2D eigenvalue weighted by Crippen LogP contribution is 2.23. The van der Waals surface area contributed by atoms with Gasteiger partial charge in [-0.2, -0.15) is 0 Å². The molecule has 0 radical (unpaired) electrons. The van der Waals surface area contributed by atoms with Crippen molar-refractivity contribution in [3.05, 3.63) is 29.8 Å². The van der Waals surface area contributed by atoms with Crippen LogP contribution in [0.15, 0.2) is 29.2 Å². The van der Waals surface area contributed by atoms with E-state index in [0.717, 1.165) is 6.26 Å². The summed E-state index contributed by atoms with van der Waals surface area (Å²) in [5, 5.41) is 9.18. The molecule has 7 heteroatoms. The second kappa shape index (κ2) is 6.70. The van der Waals surface area contributed by atoms with Crippen molar-refractivity contribution in [3.63, 3.8) is 0 Å². The molecular weight excluding hydrogens is 318 g/mol. The van der Waals surface area contributed by atoms with E-state index in [4.69, 9.17) is 0 Å². The van der Waals surface area contributed by atoms with Crippen LogP contribution in [-0.4, -0.2) is 49.6 Å². The van der Waals surface area contributed by atoms with Crippen LogP contribution >= 0.6 is 0 Å². The van der Waals surface area contributed by atoms with Gasteiger partial charge in [-0.25, -0.2) is 8.42 Å². The Morgan fingerprint density at radius 3 is 2.52 bits per heavy atom. The summed E-state index contributed by atoms with van der Waals surface area (Å²) in [6.07, 6.45) is 1.63. The third-order valence-electron chi connectivity index (χ3n) is 4.08. The maximum Gasteiger partial charge on any atom is 0.308 e. The first-order valence-electron chi connectivity index (χ1n) is 7.47. The Morgan fingerprint density at radius 2 is 1.91 bits per heavy atom. The summed E-state index contributed by atoms with van der Waals surface area (Å²) in [4.78, 5) is 25.4. The first kappa shape index (κ1) is 17.5. The number of carboxylic acids is 1. The predicted octanol–water partition coefficient (Wildman–Crippen LogP) is 1.20. The van der Waals surface area contributed by atoms with Crippen molar-refractivity contribution < 1.29 is 23.1 Å². The zero-order valence-electron chi connectivity index (χ0n) is 13.2. The number of carbonyl (C=O) groups excluding carboxylic acids is 1. The molecule has 1 saturated heterocycles.